The maximum absolute atomic E-state index is 10.0. The van der Waals surface area contributed by atoms with Gasteiger partial charge in [0.15, 0.2) is 0 Å². The molecule has 0 saturated heterocycles. The van der Waals surface area contributed by atoms with Gasteiger partial charge < -0.3 is 10.0 Å². The minimum absolute atomic E-state index is 0.197. The second-order valence-electron chi connectivity index (χ2n) is 5.07. The summed E-state index contributed by atoms with van der Waals surface area (Å²) in [4.78, 5) is 6.40. The van der Waals surface area contributed by atoms with Gasteiger partial charge in [-0.1, -0.05) is 30.0 Å². The minimum Gasteiger partial charge on any atom is -0.506 e. The van der Waals surface area contributed by atoms with Crippen molar-refractivity contribution in [2.75, 3.05) is 18.5 Å². The van der Waals surface area contributed by atoms with Gasteiger partial charge in [0.25, 0.3) is 0 Å². The number of anilines is 1. The van der Waals surface area contributed by atoms with E-state index in [1.54, 1.807) is 17.4 Å². The molecule has 0 saturated carbocycles. The fourth-order valence-corrected chi connectivity index (χ4v) is 3.12. The van der Waals surface area contributed by atoms with E-state index in [2.05, 4.69) is 33.9 Å². The van der Waals surface area contributed by atoms with Crippen molar-refractivity contribution in [1.29, 1.82) is 0 Å². The topological polar surface area (TPSA) is 36.4 Å². The zero-order valence-corrected chi connectivity index (χ0v) is 13.3. The molecule has 2 aromatic carbocycles. The molecule has 1 heterocycles. The van der Waals surface area contributed by atoms with Gasteiger partial charge >= 0.3 is 0 Å². The number of rotatable bonds is 2. The van der Waals surface area contributed by atoms with Crippen molar-refractivity contribution < 1.29 is 5.11 Å². The third kappa shape index (κ3) is 3.05. The standard InChI is InChI=1S/C18H16N2OS/c1-13-19-18-16(21)11-14(12-17(18)22-13)7-6-10-20(2)15-8-4-3-5-9-15/h3-5,8-9,11-12,21H,10H2,1-2H3. The van der Waals surface area contributed by atoms with Crippen molar-refractivity contribution in [2.45, 2.75) is 6.92 Å². The number of phenolic OH excluding ortho intramolecular Hbond substituents is 1. The number of phenols is 1. The molecule has 1 N–H and O–H groups in total. The van der Waals surface area contributed by atoms with Crippen LogP contribution in [0.5, 0.6) is 5.75 Å². The van der Waals surface area contributed by atoms with E-state index in [1.165, 1.54) is 0 Å². The Kier molecular flexibility index (Phi) is 3.99. The predicted molar refractivity (Wildman–Crippen MR) is 92.6 cm³/mol. The monoisotopic (exact) mass is 308 g/mol. The molecular weight excluding hydrogens is 292 g/mol. The fraction of sp³-hybridized carbons (Fsp3) is 0.167. The molecule has 3 nitrogen and oxygen atoms in total. The number of aromatic nitrogens is 1. The Bertz CT molecular complexity index is 859. The first-order valence-corrected chi connectivity index (χ1v) is 7.80. The average molecular weight is 308 g/mol. The fourth-order valence-electron chi connectivity index (χ4n) is 2.23. The summed E-state index contributed by atoms with van der Waals surface area (Å²) in [6.45, 7) is 2.56. The Labute approximate surface area is 133 Å². The molecule has 0 atom stereocenters. The first-order valence-electron chi connectivity index (χ1n) is 6.99. The van der Waals surface area contributed by atoms with E-state index in [1.807, 2.05) is 38.2 Å². The first kappa shape index (κ1) is 14.4. The van der Waals surface area contributed by atoms with Crippen LogP contribution in [0.1, 0.15) is 10.6 Å². The summed E-state index contributed by atoms with van der Waals surface area (Å²) < 4.78 is 0.971. The Hall–Kier alpha value is -2.51. The van der Waals surface area contributed by atoms with Crippen LogP contribution >= 0.6 is 11.3 Å². The van der Waals surface area contributed by atoms with E-state index in [0.717, 1.165) is 21.0 Å². The van der Waals surface area contributed by atoms with Crippen LogP contribution in [-0.4, -0.2) is 23.7 Å². The summed E-state index contributed by atoms with van der Waals surface area (Å²) in [5, 5.41) is 11.0. The number of hydrogen-bond donors (Lipinski definition) is 1. The van der Waals surface area contributed by atoms with E-state index >= 15 is 0 Å². The van der Waals surface area contributed by atoms with Crippen molar-refractivity contribution in [2.24, 2.45) is 0 Å². The van der Waals surface area contributed by atoms with Crippen LogP contribution in [0, 0.1) is 18.8 Å². The lowest BCUT2D eigenvalue weighted by molar-refractivity contribution is 0.480. The van der Waals surface area contributed by atoms with Crippen LogP contribution in [0.15, 0.2) is 42.5 Å². The molecule has 0 radical (unpaired) electrons. The van der Waals surface area contributed by atoms with Gasteiger partial charge in [-0.05, 0) is 31.2 Å². The molecular formula is C18H16N2OS. The summed E-state index contributed by atoms with van der Waals surface area (Å²) in [7, 11) is 2.01. The van der Waals surface area contributed by atoms with Gasteiger partial charge in [-0.15, -0.1) is 11.3 Å². The Morgan fingerprint density at radius 2 is 2.00 bits per heavy atom. The molecule has 0 aliphatic heterocycles. The van der Waals surface area contributed by atoms with E-state index in [9.17, 15) is 5.11 Å². The van der Waals surface area contributed by atoms with Crippen LogP contribution < -0.4 is 4.90 Å². The molecule has 0 amide bonds. The van der Waals surface area contributed by atoms with E-state index in [-0.39, 0.29) is 5.75 Å². The number of benzene rings is 2. The van der Waals surface area contributed by atoms with Gasteiger partial charge in [-0.3, -0.25) is 0 Å². The van der Waals surface area contributed by atoms with Gasteiger partial charge in [0.05, 0.1) is 16.3 Å². The molecule has 0 bridgehead atoms. The zero-order valence-electron chi connectivity index (χ0n) is 12.5. The molecule has 110 valence electrons. The van der Waals surface area contributed by atoms with Gasteiger partial charge in [0.1, 0.15) is 11.3 Å². The molecule has 0 aliphatic rings. The smallest absolute Gasteiger partial charge is 0.143 e. The lowest BCUT2D eigenvalue weighted by Crippen LogP contribution is -2.16. The van der Waals surface area contributed by atoms with E-state index in [0.29, 0.717) is 12.1 Å². The lowest BCUT2D eigenvalue weighted by atomic mass is 10.2. The molecule has 0 aliphatic carbocycles. The Morgan fingerprint density at radius 3 is 2.77 bits per heavy atom. The van der Waals surface area contributed by atoms with Crippen molar-refractivity contribution in [3.05, 3.63) is 53.0 Å². The highest BCUT2D eigenvalue weighted by Crippen LogP contribution is 2.30. The van der Waals surface area contributed by atoms with Crippen LogP contribution in [0.3, 0.4) is 0 Å². The van der Waals surface area contributed by atoms with Crippen LogP contribution in [-0.2, 0) is 0 Å². The average Bonchev–Trinajstić information content (AvgIpc) is 2.89. The maximum Gasteiger partial charge on any atom is 0.143 e. The summed E-state index contributed by atoms with van der Waals surface area (Å²) in [6, 6.07) is 13.8. The third-order valence-corrected chi connectivity index (χ3v) is 4.25. The maximum atomic E-state index is 10.0. The minimum atomic E-state index is 0.197. The quantitative estimate of drug-likeness (QED) is 0.732. The Morgan fingerprint density at radius 1 is 1.23 bits per heavy atom. The molecule has 0 unspecified atom stereocenters. The number of hydrogen-bond acceptors (Lipinski definition) is 4. The molecule has 4 heteroatoms. The highest BCUT2D eigenvalue weighted by atomic mass is 32.1. The number of para-hydroxylation sites is 1. The second-order valence-corrected chi connectivity index (χ2v) is 6.30. The summed E-state index contributed by atoms with van der Waals surface area (Å²) in [6.07, 6.45) is 0. The molecule has 22 heavy (non-hydrogen) atoms. The predicted octanol–water partition coefficient (Wildman–Crippen LogP) is 3.80. The molecule has 3 rings (SSSR count). The SMILES string of the molecule is Cc1nc2c(O)cc(C#CCN(C)c3ccccc3)cc2s1. The van der Waals surface area contributed by atoms with Crippen molar-refractivity contribution >= 4 is 27.2 Å². The molecule has 0 spiro atoms. The Balaban J connectivity index is 1.79. The normalized spacial score (nSPS) is 10.3. The number of aryl methyl sites for hydroxylation is 1. The summed E-state index contributed by atoms with van der Waals surface area (Å²) >= 11 is 1.57. The lowest BCUT2D eigenvalue weighted by Gasteiger charge is -2.15. The molecule has 1 aromatic heterocycles. The van der Waals surface area contributed by atoms with Crippen LogP contribution in [0.2, 0.25) is 0 Å². The van der Waals surface area contributed by atoms with E-state index < -0.39 is 0 Å². The zero-order chi connectivity index (χ0) is 15.5. The van der Waals surface area contributed by atoms with Crippen LogP contribution in [0.25, 0.3) is 10.2 Å². The number of thiazole rings is 1. The number of nitrogens with zero attached hydrogens (tertiary/aromatic N) is 2. The van der Waals surface area contributed by atoms with Crippen LogP contribution in [0.4, 0.5) is 5.69 Å². The number of fused-ring (bicyclic) bond motifs is 1. The summed E-state index contributed by atoms with van der Waals surface area (Å²) in [5.41, 5.74) is 2.61. The third-order valence-electron chi connectivity index (χ3n) is 3.33. The molecule has 3 aromatic rings. The van der Waals surface area contributed by atoms with Gasteiger partial charge in [-0.25, -0.2) is 4.98 Å². The van der Waals surface area contributed by atoms with Crippen molar-refractivity contribution in [3.8, 4) is 17.6 Å². The van der Waals surface area contributed by atoms with E-state index in [4.69, 9.17) is 0 Å². The highest BCUT2D eigenvalue weighted by Gasteiger charge is 2.06. The van der Waals surface area contributed by atoms with Gasteiger partial charge in [0, 0.05) is 18.3 Å². The van der Waals surface area contributed by atoms with Crippen molar-refractivity contribution in [1.82, 2.24) is 4.98 Å². The van der Waals surface area contributed by atoms with Crippen molar-refractivity contribution in [3.63, 3.8) is 0 Å². The largest absolute Gasteiger partial charge is 0.506 e. The second kappa shape index (κ2) is 6.08. The number of aromatic hydroxyl groups is 1. The highest BCUT2D eigenvalue weighted by molar-refractivity contribution is 7.18. The first-order chi connectivity index (χ1) is 10.6. The summed E-state index contributed by atoms with van der Waals surface area (Å²) in [5.74, 6) is 6.46. The van der Waals surface area contributed by atoms with Gasteiger partial charge in [-0.2, -0.15) is 0 Å². The van der Waals surface area contributed by atoms with Gasteiger partial charge in [0.2, 0.25) is 0 Å². The molecule has 0 fully saturated rings.